The van der Waals surface area contributed by atoms with E-state index in [1.165, 1.54) is 64.2 Å². The van der Waals surface area contributed by atoms with Gasteiger partial charge in [0.2, 0.25) is 0 Å². The number of hydrogen-bond donors (Lipinski definition) is 1. The average Bonchev–Trinajstić information content (AvgIpc) is 3.68. The second-order valence-corrected chi connectivity index (χ2v) is 12.1. The molecule has 0 aromatic heterocycles. The van der Waals surface area contributed by atoms with E-state index in [1.807, 2.05) is 0 Å². The van der Waals surface area contributed by atoms with Gasteiger partial charge >= 0.3 is 11.9 Å². The smallest absolute Gasteiger partial charge is 0.305 e. The SMILES string of the molecule is CCCCC/C=C\CC1OC1CCCCCCCC(=O)OC[C@H](O)COC(=O)CCCCCCCCCC(C)C. The summed E-state index contributed by atoms with van der Waals surface area (Å²) in [6.45, 7) is 6.52. The van der Waals surface area contributed by atoms with Gasteiger partial charge in [0, 0.05) is 12.8 Å². The third-order valence-corrected chi connectivity index (χ3v) is 7.60. The van der Waals surface area contributed by atoms with Crippen molar-refractivity contribution in [2.24, 2.45) is 5.92 Å². The van der Waals surface area contributed by atoms with Crippen LogP contribution in [0.5, 0.6) is 0 Å². The minimum atomic E-state index is -0.969. The third-order valence-electron chi connectivity index (χ3n) is 7.60. The van der Waals surface area contributed by atoms with E-state index in [9.17, 15) is 14.7 Å². The number of allylic oxidation sites excluding steroid dienone is 1. The Hall–Kier alpha value is -1.40. The summed E-state index contributed by atoms with van der Waals surface area (Å²) in [7, 11) is 0. The molecule has 2 unspecified atom stereocenters. The summed E-state index contributed by atoms with van der Waals surface area (Å²) in [6, 6.07) is 0. The minimum Gasteiger partial charge on any atom is -0.463 e. The maximum absolute atomic E-state index is 11.9. The summed E-state index contributed by atoms with van der Waals surface area (Å²) < 4.78 is 16.0. The van der Waals surface area contributed by atoms with Crippen LogP contribution >= 0.6 is 0 Å². The molecule has 0 aromatic carbocycles. The highest BCUT2D eigenvalue weighted by Crippen LogP contribution is 2.30. The number of rotatable bonds is 28. The molecule has 0 radical (unpaired) electrons. The normalized spacial score (nSPS) is 17.4. The van der Waals surface area contributed by atoms with Crippen molar-refractivity contribution in [3.63, 3.8) is 0 Å². The lowest BCUT2D eigenvalue weighted by atomic mass is 10.0. The van der Waals surface area contributed by atoms with Crippen LogP contribution in [0.2, 0.25) is 0 Å². The fraction of sp³-hybridized carbons (Fsp3) is 0.882. The van der Waals surface area contributed by atoms with E-state index < -0.39 is 6.10 Å². The van der Waals surface area contributed by atoms with Crippen LogP contribution < -0.4 is 0 Å². The molecule has 0 amide bonds. The van der Waals surface area contributed by atoms with E-state index >= 15 is 0 Å². The maximum atomic E-state index is 11.9. The van der Waals surface area contributed by atoms with Crippen molar-refractivity contribution in [3.8, 4) is 0 Å². The molecule has 6 nitrogen and oxygen atoms in total. The van der Waals surface area contributed by atoms with Crippen LogP contribution in [0, 0.1) is 5.92 Å². The number of esters is 2. The summed E-state index contributed by atoms with van der Waals surface area (Å²) in [5, 5.41) is 9.95. The molecular formula is C34H62O6. The third kappa shape index (κ3) is 23.3. The van der Waals surface area contributed by atoms with Crippen molar-refractivity contribution in [2.45, 2.75) is 174 Å². The van der Waals surface area contributed by atoms with Crippen molar-refractivity contribution >= 4 is 11.9 Å². The van der Waals surface area contributed by atoms with Gasteiger partial charge in [0.1, 0.15) is 19.3 Å². The zero-order valence-corrected chi connectivity index (χ0v) is 26.2. The standard InChI is InChI=1S/C34H62O6/c1-4-5-6-7-13-18-23-31-32(40-31)24-19-14-11-16-21-26-34(37)39-28-30(35)27-38-33(36)25-20-15-10-8-9-12-17-22-29(2)3/h13,18,29-32,35H,4-12,14-17,19-28H2,1-3H3/b18-13-/t30-,31?,32?/m1/s1. The highest BCUT2D eigenvalue weighted by Gasteiger charge is 2.36. The van der Waals surface area contributed by atoms with Crippen molar-refractivity contribution < 1.29 is 28.9 Å². The number of carbonyl (C=O) groups is 2. The lowest BCUT2D eigenvalue weighted by molar-refractivity contribution is -0.152. The van der Waals surface area contributed by atoms with E-state index in [-0.39, 0.29) is 25.2 Å². The van der Waals surface area contributed by atoms with Gasteiger partial charge in [0.15, 0.2) is 0 Å². The second kappa shape index (κ2) is 25.3. The predicted molar refractivity (Wildman–Crippen MR) is 163 cm³/mol. The van der Waals surface area contributed by atoms with E-state index in [0.717, 1.165) is 63.7 Å². The van der Waals surface area contributed by atoms with Gasteiger partial charge in [0.05, 0.1) is 12.2 Å². The molecule has 1 aliphatic rings. The summed E-state index contributed by atoms with van der Waals surface area (Å²) >= 11 is 0. The van der Waals surface area contributed by atoms with Crippen LogP contribution in [0.15, 0.2) is 12.2 Å². The lowest BCUT2D eigenvalue weighted by Gasteiger charge is -2.12. The van der Waals surface area contributed by atoms with Gasteiger partial charge in [-0.2, -0.15) is 0 Å². The largest absolute Gasteiger partial charge is 0.463 e. The molecule has 6 heteroatoms. The number of aliphatic hydroxyl groups is 1. The fourth-order valence-corrected chi connectivity index (χ4v) is 4.92. The number of epoxide rings is 1. The second-order valence-electron chi connectivity index (χ2n) is 12.1. The van der Waals surface area contributed by atoms with Crippen LogP contribution in [-0.4, -0.2) is 48.6 Å². The molecule has 0 spiro atoms. The molecule has 40 heavy (non-hydrogen) atoms. The Kier molecular flexibility index (Phi) is 23.2. The van der Waals surface area contributed by atoms with E-state index in [1.54, 1.807) is 0 Å². The van der Waals surface area contributed by atoms with Crippen molar-refractivity contribution in [1.29, 1.82) is 0 Å². The van der Waals surface area contributed by atoms with Gasteiger partial charge in [0.25, 0.3) is 0 Å². The monoisotopic (exact) mass is 566 g/mol. The molecular weight excluding hydrogens is 504 g/mol. The summed E-state index contributed by atoms with van der Waals surface area (Å²) in [5.41, 5.74) is 0. The number of carbonyl (C=O) groups excluding carboxylic acids is 2. The molecule has 1 saturated heterocycles. The Balaban J connectivity index is 1.85. The number of aliphatic hydroxyl groups excluding tert-OH is 1. The molecule has 1 aliphatic heterocycles. The van der Waals surface area contributed by atoms with E-state index in [2.05, 4.69) is 32.9 Å². The predicted octanol–water partition coefficient (Wildman–Crippen LogP) is 8.63. The first-order chi connectivity index (χ1) is 19.4. The van der Waals surface area contributed by atoms with Crippen molar-refractivity contribution in [3.05, 3.63) is 12.2 Å². The van der Waals surface area contributed by atoms with Gasteiger partial charge in [-0.15, -0.1) is 0 Å². The molecule has 3 atom stereocenters. The highest BCUT2D eigenvalue weighted by molar-refractivity contribution is 5.69. The van der Waals surface area contributed by atoms with Crippen molar-refractivity contribution in [1.82, 2.24) is 0 Å². The lowest BCUT2D eigenvalue weighted by Crippen LogP contribution is -2.25. The number of ether oxygens (including phenoxy) is 3. The summed E-state index contributed by atoms with van der Waals surface area (Å²) in [5.74, 6) is 0.202. The first-order valence-electron chi connectivity index (χ1n) is 16.7. The average molecular weight is 567 g/mol. The maximum Gasteiger partial charge on any atom is 0.305 e. The summed E-state index contributed by atoms with van der Waals surface area (Å²) in [4.78, 5) is 23.8. The first-order valence-corrected chi connectivity index (χ1v) is 16.7. The van der Waals surface area contributed by atoms with Gasteiger partial charge in [-0.25, -0.2) is 0 Å². The Morgan fingerprint density at radius 1 is 0.725 bits per heavy atom. The minimum absolute atomic E-state index is 0.122. The van der Waals surface area contributed by atoms with Crippen molar-refractivity contribution in [2.75, 3.05) is 13.2 Å². The Morgan fingerprint density at radius 2 is 1.27 bits per heavy atom. The Bertz CT molecular complexity index is 646. The molecule has 0 aliphatic carbocycles. The molecule has 1 N–H and O–H groups in total. The molecule has 0 saturated carbocycles. The zero-order chi connectivity index (χ0) is 29.3. The quantitative estimate of drug-likeness (QED) is 0.0441. The zero-order valence-electron chi connectivity index (χ0n) is 26.2. The number of hydrogen-bond acceptors (Lipinski definition) is 6. The first kappa shape index (κ1) is 36.6. The van der Waals surface area contributed by atoms with E-state index in [0.29, 0.717) is 25.0 Å². The van der Waals surface area contributed by atoms with Crippen LogP contribution in [0.4, 0.5) is 0 Å². The summed E-state index contributed by atoms with van der Waals surface area (Å²) in [6.07, 6.45) is 27.2. The molecule has 1 rings (SSSR count). The molecule has 1 heterocycles. The van der Waals surface area contributed by atoms with E-state index in [4.69, 9.17) is 14.2 Å². The van der Waals surface area contributed by atoms with Crippen LogP contribution in [-0.2, 0) is 23.8 Å². The fourth-order valence-electron chi connectivity index (χ4n) is 4.92. The molecule has 0 aromatic rings. The molecule has 234 valence electrons. The van der Waals surface area contributed by atoms with Gasteiger partial charge in [-0.1, -0.05) is 116 Å². The Morgan fingerprint density at radius 3 is 1.85 bits per heavy atom. The number of unbranched alkanes of at least 4 members (excludes halogenated alkanes) is 13. The molecule has 1 fully saturated rings. The van der Waals surface area contributed by atoms with Crippen LogP contribution in [0.1, 0.15) is 156 Å². The topological polar surface area (TPSA) is 85.4 Å². The van der Waals surface area contributed by atoms with Gasteiger partial charge in [-0.3, -0.25) is 9.59 Å². The van der Waals surface area contributed by atoms with Gasteiger partial charge in [-0.05, 0) is 44.4 Å². The van der Waals surface area contributed by atoms with Crippen LogP contribution in [0.3, 0.4) is 0 Å². The van der Waals surface area contributed by atoms with Crippen LogP contribution in [0.25, 0.3) is 0 Å². The van der Waals surface area contributed by atoms with Gasteiger partial charge < -0.3 is 19.3 Å². The Labute approximate surface area is 246 Å². The molecule has 0 bridgehead atoms. The highest BCUT2D eigenvalue weighted by atomic mass is 16.6.